The van der Waals surface area contributed by atoms with Gasteiger partial charge in [-0.25, -0.2) is 0 Å². The molecule has 3 N–H and O–H groups in total. The summed E-state index contributed by atoms with van der Waals surface area (Å²) in [6.45, 7) is 9.37. The second-order valence-electron chi connectivity index (χ2n) is 3.56. The van der Waals surface area contributed by atoms with Crippen LogP contribution in [-0.2, 0) is 6.54 Å². The molecule has 1 rings (SSSR count). The third-order valence-electron chi connectivity index (χ3n) is 2.83. The van der Waals surface area contributed by atoms with Crippen molar-refractivity contribution >= 4 is 0 Å². The van der Waals surface area contributed by atoms with Gasteiger partial charge >= 0.3 is 0 Å². The molecule has 0 saturated heterocycles. The van der Waals surface area contributed by atoms with Crippen molar-refractivity contribution in [3.8, 4) is 0 Å². The quantitative estimate of drug-likeness (QED) is 0.753. The molecular formula is C11H21N3. The van der Waals surface area contributed by atoms with E-state index in [4.69, 9.17) is 5.73 Å². The van der Waals surface area contributed by atoms with Crippen LogP contribution in [0.3, 0.4) is 0 Å². The first-order valence-electron chi connectivity index (χ1n) is 5.34. The van der Waals surface area contributed by atoms with E-state index in [1.165, 1.54) is 5.56 Å². The summed E-state index contributed by atoms with van der Waals surface area (Å²) in [5.41, 5.74) is 8.00. The van der Waals surface area contributed by atoms with Gasteiger partial charge in [0.05, 0.1) is 0 Å². The molecule has 0 fully saturated rings. The molecule has 0 aliphatic heterocycles. The van der Waals surface area contributed by atoms with E-state index in [0.717, 1.165) is 18.8 Å². The van der Waals surface area contributed by atoms with Gasteiger partial charge in [0.2, 0.25) is 0 Å². The Bertz CT molecular complexity index is 263. The Hall–Kier alpha value is -0.800. The van der Waals surface area contributed by atoms with E-state index in [1.807, 2.05) is 0 Å². The Morgan fingerprint density at radius 1 is 1.43 bits per heavy atom. The highest BCUT2D eigenvalue weighted by Gasteiger charge is 2.13. The lowest BCUT2D eigenvalue weighted by molar-refractivity contribution is 0.234. The maximum absolute atomic E-state index is 5.56. The predicted molar refractivity (Wildman–Crippen MR) is 60.0 cm³/mol. The van der Waals surface area contributed by atoms with Crippen molar-refractivity contribution < 1.29 is 0 Å². The van der Waals surface area contributed by atoms with Crippen molar-refractivity contribution in [2.75, 3.05) is 13.1 Å². The van der Waals surface area contributed by atoms with Crippen LogP contribution in [0.15, 0.2) is 12.3 Å². The molecule has 0 saturated carbocycles. The largest absolute Gasteiger partial charge is 0.364 e. The van der Waals surface area contributed by atoms with E-state index in [0.29, 0.717) is 12.6 Å². The van der Waals surface area contributed by atoms with E-state index >= 15 is 0 Å². The zero-order chi connectivity index (χ0) is 10.6. The molecule has 3 nitrogen and oxygen atoms in total. The number of nitrogens with zero attached hydrogens (tertiary/aromatic N) is 1. The van der Waals surface area contributed by atoms with Gasteiger partial charge in [-0.3, -0.25) is 4.90 Å². The van der Waals surface area contributed by atoms with E-state index in [9.17, 15) is 0 Å². The second kappa shape index (κ2) is 5.17. The number of nitrogens with two attached hydrogens (primary N) is 1. The zero-order valence-electron chi connectivity index (χ0n) is 9.38. The average Bonchev–Trinajstić information content (AvgIpc) is 2.67. The molecule has 3 heteroatoms. The minimum absolute atomic E-state index is 0.474. The molecule has 14 heavy (non-hydrogen) atoms. The number of hydrogen-bond acceptors (Lipinski definition) is 2. The SMILES string of the molecule is CCN(CC)C(C)c1c[nH]c(CN)c1. The van der Waals surface area contributed by atoms with Gasteiger partial charge in [0.1, 0.15) is 0 Å². The fourth-order valence-corrected chi connectivity index (χ4v) is 1.80. The van der Waals surface area contributed by atoms with Crippen LogP contribution in [0.2, 0.25) is 0 Å². The molecule has 1 heterocycles. The molecule has 0 aliphatic carbocycles. The normalized spacial score (nSPS) is 13.5. The molecule has 0 aliphatic rings. The highest BCUT2D eigenvalue weighted by molar-refractivity contribution is 5.19. The van der Waals surface area contributed by atoms with E-state index in [1.54, 1.807) is 0 Å². The molecule has 0 spiro atoms. The van der Waals surface area contributed by atoms with Crippen LogP contribution >= 0.6 is 0 Å². The van der Waals surface area contributed by atoms with E-state index in [2.05, 4.69) is 42.9 Å². The summed E-state index contributed by atoms with van der Waals surface area (Å²) in [5.74, 6) is 0. The molecule has 0 radical (unpaired) electrons. The van der Waals surface area contributed by atoms with Crippen molar-refractivity contribution in [1.82, 2.24) is 9.88 Å². The summed E-state index contributed by atoms with van der Waals surface area (Å²) in [7, 11) is 0. The molecule has 80 valence electrons. The first kappa shape index (κ1) is 11.3. The lowest BCUT2D eigenvalue weighted by Gasteiger charge is -2.25. The van der Waals surface area contributed by atoms with Gasteiger partial charge in [0.25, 0.3) is 0 Å². The minimum atomic E-state index is 0.474. The zero-order valence-corrected chi connectivity index (χ0v) is 9.38. The maximum atomic E-state index is 5.56. The van der Waals surface area contributed by atoms with Crippen molar-refractivity contribution in [3.63, 3.8) is 0 Å². The minimum Gasteiger partial charge on any atom is -0.364 e. The van der Waals surface area contributed by atoms with E-state index < -0.39 is 0 Å². The first-order chi connectivity index (χ1) is 6.72. The van der Waals surface area contributed by atoms with Gasteiger partial charge in [0, 0.05) is 24.5 Å². The summed E-state index contributed by atoms with van der Waals surface area (Å²) in [6.07, 6.45) is 2.06. The number of H-pyrrole nitrogens is 1. The summed E-state index contributed by atoms with van der Waals surface area (Å²) in [4.78, 5) is 5.61. The Balaban J connectivity index is 2.72. The van der Waals surface area contributed by atoms with Crippen LogP contribution in [0.25, 0.3) is 0 Å². The summed E-state index contributed by atoms with van der Waals surface area (Å²) >= 11 is 0. The Kier molecular flexibility index (Phi) is 4.17. The molecule has 0 aromatic carbocycles. The molecule has 1 unspecified atom stereocenters. The topological polar surface area (TPSA) is 45.0 Å². The first-order valence-corrected chi connectivity index (χ1v) is 5.34. The number of rotatable bonds is 5. The molecule has 0 amide bonds. The Labute approximate surface area is 86.3 Å². The number of nitrogens with one attached hydrogen (secondary N) is 1. The highest BCUT2D eigenvalue weighted by atomic mass is 15.1. The van der Waals surface area contributed by atoms with Gasteiger partial charge < -0.3 is 10.7 Å². The third kappa shape index (κ3) is 2.36. The van der Waals surface area contributed by atoms with Gasteiger partial charge in [-0.2, -0.15) is 0 Å². The molecule has 0 bridgehead atoms. The van der Waals surface area contributed by atoms with Gasteiger partial charge in [0.15, 0.2) is 0 Å². The number of aromatic amines is 1. The van der Waals surface area contributed by atoms with Gasteiger partial charge in [-0.15, -0.1) is 0 Å². The van der Waals surface area contributed by atoms with Crippen molar-refractivity contribution in [2.45, 2.75) is 33.4 Å². The van der Waals surface area contributed by atoms with Crippen LogP contribution in [0, 0.1) is 0 Å². The van der Waals surface area contributed by atoms with E-state index in [-0.39, 0.29) is 0 Å². The van der Waals surface area contributed by atoms with Crippen LogP contribution in [0.1, 0.15) is 38.1 Å². The van der Waals surface area contributed by atoms with Crippen LogP contribution in [0.5, 0.6) is 0 Å². The molecule has 1 atom stereocenters. The third-order valence-corrected chi connectivity index (χ3v) is 2.83. The summed E-state index contributed by atoms with van der Waals surface area (Å²) < 4.78 is 0. The van der Waals surface area contributed by atoms with Crippen LogP contribution < -0.4 is 5.73 Å². The fourth-order valence-electron chi connectivity index (χ4n) is 1.80. The average molecular weight is 195 g/mol. The smallest absolute Gasteiger partial charge is 0.0334 e. The number of hydrogen-bond donors (Lipinski definition) is 2. The van der Waals surface area contributed by atoms with Crippen molar-refractivity contribution in [1.29, 1.82) is 0 Å². The van der Waals surface area contributed by atoms with Crippen LogP contribution in [0.4, 0.5) is 0 Å². The highest BCUT2D eigenvalue weighted by Crippen LogP contribution is 2.20. The molecular weight excluding hydrogens is 174 g/mol. The molecule has 1 aromatic heterocycles. The number of aromatic nitrogens is 1. The lowest BCUT2D eigenvalue weighted by atomic mass is 10.1. The Morgan fingerprint density at radius 3 is 2.50 bits per heavy atom. The van der Waals surface area contributed by atoms with Crippen molar-refractivity contribution in [3.05, 3.63) is 23.5 Å². The summed E-state index contributed by atoms with van der Waals surface area (Å²) in [5, 5.41) is 0. The van der Waals surface area contributed by atoms with Crippen molar-refractivity contribution in [2.24, 2.45) is 5.73 Å². The summed E-state index contributed by atoms with van der Waals surface area (Å²) in [6, 6.07) is 2.63. The van der Waals surface area contributed by atoms with Crippen LogP contribution in [-0.4, -0.2) is 23.0 Å². The Morgan fingerprint density at radius 2 is 2.07 bits per heavy atom. The second-order valence-corrected chi connectivity index (χ2v) is 3.56. The van der Waals surface area contributed by atoms with Gasteiger partial charge in [-0.1, -0.05) is 13.8 Å². The fraction of sp³-hybridized carbons (Fsp3) is 0.636. The lowest BCUT2D eigenvalue weighted by Crippen LogP contribution is -2.26. The standard InChI is InChI=1S/C11H21N3/c1-4-14(5-2)9(3)10-6-11(7-12)13-8-10/h6,8-9,13H,4-5,7,12H2,1-3H3. The molecule has 1 aromatic rings. The monoisotopic (exact) mass is 195 g/mol. The van der Waals surface area contributed by atoms with Gasteiger partial charge in [-0.05, 0) is 31.6 Å². The predicted octanol–water partition coefficient (Wildman–Crippen LogP) is 1.88. The maximum Gasteiger partial charge on any atom is 0.0334 e.